The summed E-state index contributed by atoms with van der Waals surface area (Å²) in [6.45, 7) is 4.78. The second kappa shape index (κ2) is 7.42. The molecule has 0 radical (unpaired) electrons. The molecule has 2 rings (SSSR count). The van der Waals surface area contributed by atoms with E-state index >= 15 is 0 Å². The Labute approximate surface area is 143 Å². The Balaban J connectivity index is 2.32. The van der Waals surface area contributed by atoms with Crippen molar-refractivity contribution < 1.29 is 18.7 Å². The molecule has 0 saturated carbocycles. The molecule has 0 fully saturated rings. The van der Waals surface area contributed by atoms with Crippen molar-refractivity contribution in [2.75, 3.05) is 7.11 Å². The number of methoxy groups -OCH3 is 1. The Hall–Kier alpha value is -2.77. The fraction of sp³-hybridized carbons (Fsp3) is 0.412. The quantitative estimate of drug-likeness (QED) is 0.818. The molecule has 0 bridgehead atoms. The minimum atomic E-state index is -0.820. The number of nitrogens with zero attached hydrogens (tertiary/aromatic N) is 2. The number of halogens is 1. The van der Waals surface area contributed by atoms with E-state index in [1.807, 2.05) is 0 Å². The summed E-state index contributed by atoms with van der Waals surface area (Å²) >= 11 is 0. The molecule has 8 heteroatoms. The lowest BCUT2D eigenvalue weighted by atomic mass is 10.0. The Morgan fingerprint density at radius 2 is 2.04 bits per heavy atom. The third kappa shape index (κ3) is 4.01. The van der Waals surface area contributed by atoms with Gasteiger partial charge in [0.15, 0.2) is 0 Å². The van der Waals surface area contributed by atoms with Gasteiger partial charge < -0.3 is 10.1 Å². The average molecular weight is 349 g/mol. The van der Waals surface area contributed by atoms with E-state index in [0.717, 1.165) is 10.6 Å². The first kappa shape index (κ1) is 18.6. The van der Waals surface area contributed by atoms with Gasteiger partial charge in [-0.05, 0) is 31.0 Å². The summed E-state index contributed by atoms with van der Waals surface area (Å²) in [6, 6.07) is 2.90. The smallest absolute Gasteiger partial charge is 0.328 e. The van der Waals surface area contributed by atoms with Crippen molar-refractivity contribution in [3.8, 4) is 0 Å². The van der Waals surface area contributed by atoms with Crippen molar-refractivity contribution in [3.05, 3.63) is 40.2 Å². The summed E-state index contributed by atoms with van der Waals surface area (Å²) in [5.74, 6) is -1.52. The number of amides is 1. The van der Waals surface area contributed by atoms with E-state index in [4.69, 9.17) is 0 Å². The van der Waals surface area contributed by atoms with E-state index in [9.17, 15) is 18.8 Å². The van der Waals surface area contributed by atoms with Crippen molar-refractivity contribution in [1.29, 1.82) is 0 Å². The van der Waals surface area contributed by atoms with E-state index in [1.54, 1.807) is 20.8 Å². The van der Waals surface area contributed by atoms with E-state index in [1.165, 1.54) is 19.2 Å². The van der Waals surface area contributed by atoms with Gasteiger partial charge in [0.2, 0.25) is 5.91 Å². The molecule has 1 heterocycles. The van der Waals surface area contributed by atoms with Crippen LogP contribution >= 0.6 is 0 Å². The number of hydrogen-bond acceptors (Lipinski definition) is 5. The lowest BCUT2D eigenvalue weighted by Crippen LogP contribution is -2.47. The molecule has 1 aromatic heterocycles. The van der Waals surface area contributed by atoms with Crippen LogP contribution in [-0.4, -0.2) is 34.6 Å². The van der Waals surface area contributed by atoms with Crippen LogP contribution in [0.1, 0.15) is 19.7 Å². The maximum Gasteiger partial charge on any atom is 0.328 e. The van der Waals surface area contributed by atoms with Crippen LogP contribution in [0.5, 0.6) is 0 Å². The van der Waals surface area contributed by atoms with Crippen LogP contribution in [-0.2, 0) is 20.9 Å². The first-order valence-corrected chi connectivity index (χ1v) is 7.78. The Morgan fingerprint density at radius 1 is 1.36 bits per heavy atom. The normalized spacial score (nSPS) is 12.2. The van der Waals surface area contributed by atoms with Gasteiger partial charge in [0.05, 0.1) is 18.0 Å². The van der Waals surface area contributed by atoms with Crippen LogP contribution in [0.15, 0.2) is 23.0 Å². The van der Waals surface area contributed by atoms with Gasteiger partial charge in [-0.2, -0.15) is 0 Å². The van der Waals surface area contributed by atoms with Gasteiger partial charge in [0.25, 0.3) is 5.56 Å². The van der Waals surface area contributed by atoms with Crippen molar-refractivity contribution in [2.45, 2.75) is 33.4 Å². The van der Waals surface area contributed by atoms with Crippen LogP contribution in [0.4, 0.5) is 4.39 Å². The number of ether oxygens (including phenoxy) is 1. The molecule has 1 N–H and O–H groups in total. The van der Waals surface area contributed by atoms with Crippen molar-refractivity contribution >= 4 is 22.8 Å². The maximum atomic E-state index is 13.4. The van der Waals surface area contributed by atoms with Gasteiger partial charge in [0, 0.05) is 0 Å². The summed E-state index contributed by atoms with van der Waals surface area (Å²) in [7, 11) is 1.24. The average Bonchev–Trinajstić information content (AvgIpc) is 2.56. The maximum absolute atomic E-state index is 13.4. The summed E-state index contributed by atoms with van der Waals surface area (Å²) < 4.78 is 19.2. The number of rotatable bonds is 5. The Morgan fingerprint density at radius 3 is 2.64 bits per heavy atom. The van der Waals surface area contributed by atoms with Crippen LogP contribution in [0.2, 0.25) is 0 Å². The molecule has 1 atom stereocenters. The molecule has 1 unspecified atom stereocenters. The number of nitrogens with one attached hydrogen (secondary N) is 1. The van der Waals surface area contributed by atoms with Crippen molar-refractivity contribution in [3.63, 3.8) is 0 Å². The molecule has 0 aliphatic heterocycles. The SMILES string of the molecule is COC(=O)C(NC(=O)Cn1c(C)nc2ccc(F)cc2c1=O)C(C)C. The predicted molar refractivity (Wildman–Crippen MR) is 89.5 cm³/mol. The summed E-state index contributed by atoms with van der Waals surface area (Å²) in [5, 5.41) is 2.64. The molecule has 0 saturated heterocycles. The van der Waals surface area contributed by atoms with Gasteiger partial charge in [-0.3, -0.25) is 14.2 Å². The molecule has 2 aromatic rings. The van der Waals surface area contributed by atoms with Gasteiger partial charge in [-0.15, -0.1) is 0 Å². The number of esters is 1. The molecule has 1 aromatic carbocycles. The monoisotopic (exact) mass is 349 g/mol. The van der Waals surface area contributed by atoms with E-state index in [-0.39, 0.29) is 17.8 Å². The fourth-order valence-corrected chi connectivity index (χ4v) is 2.48. The third-order valence-corrected chi connectivity index (χ3v) is 3.85. The molecular weight excluding hydrogens is 329 g/mol. The molecule has 25 heavy (non-hydrogen) atoms. The molecule has 0 aliphatic carbocycles. The first-order chi connectivity index (χ1) is 11.7. The minimum absolute atomic E-state index is 0.0896. The summed E-state index contributed by atoms with van der Waals surface area (Å²) in [5.41, 5.74) is -0.161. The third-order valence-electron chi connectivity index (χ3n) is 3.85. The number of benzene rings is 1. The van der Waals surface area contributed by atoms with Crippen LogP contribution in [0.3, 0.4) is 0 Å². The summed E-state index contributed by atoms with van der Waals surface area (Å²) in [6.07, 6.45) is 0. The molecule has 1 amide bonds. The standard InChI is InChI=1S/C17H20FN3O4/c1-9(2)15(17(24)25-4)20-14(22)8-21-10(3)19-13-6-5-11(18)7-12(13)16(21)23/h5-7,9,15H,8H2,1-4H3,(H,20,22). The van der Waals surface area contributed by atoms with Crippen LogP contribution in [0, 0.1) is 18.7 Å². The molecule has 0 aliphatic rings. The van der Waals surface area contributed by atoms with E-state index < -0.39 is 29.3 Å². The highest BCUT2D eigenvalue weighted by Gasteiger charge is 2.25. The molecule has 0 spiro atoms. The van der Waals surface area contributed by atoms with Gasteiger partial charge >= 0.3 is 5.97 Å². The van der Waals surface area contributed by atoms with Crippen molar-refractivity contribution in [1.82, 2.24) is 14.9 Å². The second-order valence-electron chi connectivity index (χ2n) is 6.02. The summed E-state index contributed by atoms with van der Waals surface area (Å²) in [4.78, 5) is 40.8. The van der Waals surface area contributed by atoms with E-state index in [0.29, 0.717) is 11.3 Å². The largest absolute Gasteiger partial charge is 0.467 e. The predicted octanol–water partition coefficient (Wildman–Crippen LogP) is 1.16. The topological polar surface area (TPSA) is 90.3 Å². The number of hydrogen-bond donors (Lipinski definition) is 1. The first-order valence-electron chi connectivity index (χ1n) is 7.78. The zero-order valence-corrected chi connectivity index (χ0v) is 14.5. The fourth-order valence-electron chi connectivity index (χ4n) is 2.48. The van der Waals surface area contributed by atoms with E-state index in [2.05, 4.69) is 15.0 Å². The molecular formula is C17H20FN3O4. The highest BCUT2D eigenvalue weighted by atomic mass is 19.1. The highest BCUT2D eigenvalue weighted by Crippen LogP contribution is 2.10. The van der Waals surface area contributed by atoms with Crippen LogP contribution in [0.25, 0.3) is 10.9 Å². The lowest BCUT2D eigenvalue weighted by Gasteiger charge is -2.20. The number of carbonyl (C=O) groups excluding carboxylic acids is 2. The van der Waals surface area contributed by atoms with Gasteiger partial charge in [0.1, 0.15) is 24.2 Å². The van der Waals surface area contributed by atoms with Crippen molar-refractivity contribution in [2.24, 2.45) is 5.92 Å². The second-order valence-corrected chi connectivity index (χ2v) is 6.02. The molecule has 134 valence electrons. The van der Waals surface area contributed by atoms with Gasteiger partial charge in [-0.25, -0.2) is 14.2 Å². The highest BCUT2D eigenvalue weighted by molar-refractivity contribution is 5.85. The number of carbonyl (C=O) groups is 2. The minimum Gasteiger partial charge on any atom is -0.467 e. The number of aryl methyl sites for hydroxylation is 1. The zero-order chi connectivity index (χ0) is 18.7. The van der Waals surface area contributed by atoms with Gasteiger partial charge in [-0.1, -0.05) is 13.8 Å². The zero-order valence-electron chi connectivity index (χ0n) is 14.5. The Kier molecular flexibility index (Phi) is 5.51. The molecule has 7 nitrogen and oxygen atoms in total. The lowest BCUT2D eigenvalue weighted by molar-refractivity contribution is -0.146. The Bertz CT molecular complexity index is 876. The number of fused-ring (bicyclic) bond motifs is 1. The van der Waals surface area contributed by atoms with Crippen LogP contribution < -0.4 is 10.9 Å². The number of aromatic nitrogens is 2.